The molecular formula is C42H50F3N7O9. The number of alkyl halides is 3. The maximum Gasteiger partial charge on any atom is 0.391 e. The van der Waals surface area contributed by atoms with E-state index in [-0.39, 0.29) is 48.6 Å². The number of nitrogens with zero attached hydrogens (tertiary/aromatic N) is 4. The van der Waals surface area contributed by atoms with Gasteiger partial charge in [0.15, 0.2) is 5.65 Å². The average Bonchev–Trinajstić information content (AvgIpc) is 3.84. The highest BCUT2D eigenvalue weighted by atomic mass is 19.4. The molecule has 7 rings (SSSR count). The number of nitrogens with one attached hydrogen (secondary N) is 3. The molecule has 2 aliphatic heterocycles. The van der Waals surface area contributed by atoms with Crippen molar-refractivity contribution in [1.29, 1.82) is 0 Å². The Bertz CT molecular complexity index is 2250. The lowest BCUT2D eigenvalue weighted by Crippen LogP contribution is -2.54. The van der Waals surface area contributed by atoms with Gasteiger partial charge in [-0.15, -0.1) is 0 Å². The summed E-state index contributed by atoms with van der Waals surface area (Å²) in [7, 11) is 1.82. The standard InChI is InChI=1S/C42H50F3N7O9/c1-50-25-31-30-23-27(7-10-33(30)51(37(31)49-50)24-26-5-8-28(9-6-26)42(43,44)45)38(54)47-14-16-59-18-20-61-22-21-60-19-17-58-15-13-46-32-4-2-3-29-36(32)41(57)52(40(29)56)34-11-12-35(53)48-39(34)55/h2-4,7,10,23,25-26,28,34,46H,5-6,8-9,11-22,24H2,1H3,(H,47,54)(H,48,53,55). The highest BCUT2D eigenvalue weighted by molar-refractivity contribution is 6.25. The number of carbonyl (C=O) groups excluding carboxylic acids is 5. The van der Waals surface area contributed by atoms with Crippen molar-refractivity contribution < 1.29 is 56.1 Å². The van der Waals surface area contributed by atoms with E-state index in [1.165, 1.54) is 6.07 Å². The lowest BCUT2D eigenvalue weighted by Gasteiger charge is -2.30. The first-order valence-corrected chi connectivity index (χ1v) is 20.6. The summed E-state index contributed by atoms with van der Waals surface area (Å²) < 4.78 is 65.7. The summed E-state index contributed by atoms with van der Waals surface area (Å²) >= 11 is 0. The first-order valence-electron chi connectivity index (χ1n) is 20.6. The fourth-order valence-corrected chi connectivity index (χ4v) is 8.24. The smallest absolute Gasteiger partial charge is 0.382 e. The molecule has 2 aromatic carbocycles. The van der Waals surface area contributed by atoms with Crippen LogP contribution in [0, 0.1) is 11.8 Å². The Morgan fingerprint density at radius 2 is 1.51 bits per heavy atom. The van der Waals surface area contributed by atoms with Gasteiger partial charge in [0.05, 0.1) is 75.4 Å². The van der Waals surface area contributed by atoms with Crippen molar-refractivity contribution in [2.24, 2.45) is 18.9 Å². The molecule has 2 aromatic heterocycles. The fourth-order valence-electron chi connectivity index (χ4n) is 8.24. The Morgan fingerprint density at radius 1 is 0.836 bits per heavy atom. The first kappa shape index (κ1) is 43.7. The molecule has 3 aliphatic rings. The molecule has 16 nitrogen and oxygen atoms in total. The molecule has 1 aliphatic carbocycles. The van der Waals surface area contributed by atoms with Gasteiger partial charge in [-0.05, 0) is 68.4 Å². The third kappa shape index (κ3) is 10.2. The first-order chi connectivity index (χ1) is 29.4. The Balaban J connectivity index is 0.727. The maximum atomic E-state index is 13.2. The molecule has 1 atom stereocenters. The van der Waals surface area contributed by atoms with Crippen LogP contribution in [-0.2, 0) is 42.1 Å². The third-order valence-corrected chi connectivity index (χ3v) is 11.3. The highest BCUT2D eigenvalue weighted by Crippen LogP contribution is 2.41. The van der Waals surface area contributed by atoms with Gasteiger partial charge >= 0.3 is 6.18 Å². The van der Waals surface area contributed by atoms with Gasteiger partial charge in [0, 0.05) is 61.3 Å². The van der Waals surface area contributed by atoms with Crippen LogP contribution in [0.25, 0.3) is 21.9 Å². The molecule has 1 unspecified atom stereocenters. The molecule has 1 saturated heterocycles. The molecule has 19 heteroatoms. The van der Waals surface area contributed by atoms with Gasteiger partial charge in [0.25, 0.3) is 17.7 Å². The van der Waals surface area contributed by atoms with Gasteiger partial charge in [0.2, 0.25) is 11.8 Å². The van der Waals surface area contributed by atoms with Gasteiger partial charge in [-0.1, -0.05) is 6.07 Å². The molecule has 0 bridgehead atoms. The van der Waals surface area contributed by atoms with Crippen LogP contribution in [0.4, 0.5) is 18.9 Å². The number of rotatable bonds is 20. The van der Waals surface area contributed by atoms with Gasteiger partial charge in [-0.2, -0.15) is 18.3 Å². The number of halogens is 3. The molecule has 328 valence electrons. The predicted molar refractivity (Wildman–Crippen MR) is 215 cm³/mol. The minimum Gasteiger partial charge on any atom is -0.382 e. The number of piperidine rings is 1. The number of benzene rings is 2. The highest BCUT2D eigenvalue weighted by Gasteiger charge is 2.46. The monoisotopic (exact) mass is 853 g/mol. The number of ether oxygens (including phenoxy) is 4. The van der Waals surface area contributed by atoms with Crippen molar-refractivity contribution >= 4 is 57.2 Å². The van der Waals surface area contributed by atoms with E-state index in [4.69, 9.17) is 18.9 Å². The molecule has 2 fully saturated rings. The van der Waals surface area contributed by atoms with E-state index in [1.807, 2.05) is 25.4 Å². The van der Waals surface area contributed by atoms with Gasteiger partial charge in [-0.25, -0.2) is 0 Å². The molecule has 5 amide bonds. The largest absolute Gasteiger partial charge is 0.391 e. The zero-order valence-corrected chi connectivity index (χ0v) is 33.9. The predicted octanol–water partition coefficient (Wildman–Crippen LogP) is 4.21. The Labute approximate surface area is 349 Å². The second kappa shape index (κ2) is 19.6. The minimum absolute atomic E-state index is 0.0486. The zero-order chi connectivity index (χ0) is 43.1. The lowest BCUT2D eigenvalue weighted by atomic mass is 9.81. The summed E-state index contributed by atoms with van der Waals surface area (Å²) in [5, 5.41) is 14.6. The number of fused-ring (bicyclic) bond motifs is 4. The van der Waals surface area contributed by atoms with Gasteiger partial charge in [0.1, 0.15) is 6.04 Å². The van der Waals surface area contributed by atoms with Crippen LogP contribution >= 0.6 is 0 Å². The number of imide groups is 2. The van der Waals surface area contributed by atoms with Crippen LogP contribution in [0.3, 0.4) is 0 Å². The van der Waals surface area contributed by atoms with Crippen LogP contribution in [0.5, 0.6) is 0 Å². The number of carbonyl (C=O) groups is 5. The molecule has 3 N–H and O–H groups in total. The van der Waals surface area contributed by atoms with E-state index in [1.54, 1.807) is 22.9 Å². The van der Waals surface area contributed by atoms with Gasteiger partial charge < -0.3 is 34.1 Å². The van der Waals surface area contributed by atoms with E-state index in [9.17, 15) is 37.1 Å². The molecule has 4 aromatic rings. The van der Waals surface area contributed by atoms with Crippen molar-refractivity contribution in [1.82, 2.24) is 29.9 Å². The summed E-state index contributed by atoms with van der Waals surface area (Å²) in [6.07, 6.45) is -0.805. The molecule has 61 heavy (non-hydrogen) atoms. The Hall–Kier alpha value is -5.37. The number of hydrogen-bond donors (Lipinski definition) is 3. The van der Waals surface area contributed by atoms with E-state index < -0.39 is 41.8 Å². The summed E-state index contributed by atoms with van der Waals surface area (Å²) in [5.74, 6) is -3.59. The number of aromatic nitrogens is 3. The second-order valence-corrected chi connectivity index (χ2v) is 15.4. The molecular weight excluding hydrogens is 803 g/mol. The summed E-state index contributed by atoms with van der Waals surface area (Å²) in [5.41, 5.74) is 2.98. The van der Waals surface area contributed by atoms with Crippen LogP contribution < -0.4 is 16.0 Å². The van der Waals surface area contributed by atoms with Crippen molar-refractivity contribution in [2.75, 3.05) is 71.3 Å². The van der Waals surface area contributed by atoms with Crippen LogP contribution in [-0.4, -0.2) is 127 Å². The SMILES string of the molecule is Cn1cc2c3cc(C(=O)NCCOCCOCCOCCOCCNc4cccc5c4C(=O)N(C4CCC(=O)NC4=O)C5=O)ccc3n(CC3CCC(C(F)(F)F)CC3)c2n1. The molecule has 1 saturated carbocycles. The topological polar surface area (TPSA) is 184 Å². The van der Waals surface area contributed by atoms with E-state index in [0.29, 0.717) is 96.6 Å². The van der Waals surface area contributed by atoms with E-state index >= 15 is 0 Å². The lowest BCUT2D eigenvalue weighted by molar-refractivity contribution is -0.184. The fraction of sp³-hybridized carbons (Fsp3) is 0.524. The van der Waals surface area contributed by atoms with Crippen molar-refractivity contribution in [3.8, 4) is 0 Å². The molecule has 4 heterocycles. The van der Waals surface area contributed by atoms with Crippen LogP contribution in [0.1, 0.15) is 69.6 Å². The number of amides is 5. The quantitative estimate of drug-likeness (QED) is 0.0856. The Morgan fingerprint density at radius 3 is 2.18 bits per heavy atom. The summed E-state index contributed by atoms with van der Waals surface area (Å²) in [6, 6.07) is 9.30. The van der Waals surface area contributed by atoms with E-state index in [2.05, 4.69) is 25.6 Å². The number of aryl methyl sites for hydroxylation is 1. The van der Waals surface area contributed by atoms with Crippen LogP contribution in [0.15, 0.2) is 42.6 Å². The maximum absolute atomic E-state index is 13.2. The summed E-state index contributed by atoms with van der Waals surface area (Å²) in [4.78, 5) is 64.0. The molecule has 0 radical (unpaired) electrons. The number of anilines is 1. The molecule has 0 spiro atoms. The minimum atomic E-state index is -4.14. The van der Waals surface area contributed by atoms with Crippen molar-refractivity contribution in [2.45, 2.75) is 57.3 Å². The second-order valence-electron chi connectivity index (χ2n) is 15.4. The van der Waals surface area contributed by atoms with Crippen molar-refractivity contribution in [3.63, 3.8) is 0 Å². The zero-order valence-electron chi connectivity index (χ0n) is 33.9. The summed E-state index contributed by atoms with van der Waals surface area (Å²) in [6.45, 7) is 3.90. The van der Waals surface area contributed by atoms with Crippen molar-refractivity contribution in [3.05, 3.63) is 59.3 Å². The average molecular weight is 854 g/mol. The normalized spacial score (nSPS) is 19.5. The van der Waals surface area contributed by atoms with Gasteiger partial charge in [-0.3, -0.25) is 38.9 Å². The number of hydrogen-bond acceptors (Lipinski definition) is 11. The Kier molecular flexibility index (Phi) is 14.0. The van der Waals surface area contributed by atoms with Crippen LogP contribution in [0.2, 0.25) is 0 Å². The van der Waals surface area contributed by atoms with E-state index in [0.717, 1.165) is 26.8 Å². The third-order valence-electron chi connectivity index (χ3n) is 11.3.